The number of nitrogens with one attached hydrogen (secondary N) is 1. The van der Waals surface area contributed by atoms with Crippen LogP contribution >= 0.6 is 0 Å². The molecule has 0 radical (unpaired) electrons. The summed E-state index contributed by atoms with van der Waals surface area (Å²) < 4.78 is 5.20. The number of likely N-dealkylation sites (tertiary alicyclic amines) is 1. The molecule has 0 spiro atoms. The van der Waals surface area contributed by atoms with Crippen molar-refractivity contribution in [2.75, 3.05) is 26.7 Å². The fourth-order valence-corrected chi connectivity index (χ4v) is 3.05. The van der Waals surface area contributed by atoms with Crippen molar-refractivity contribution in [1.29, 1.82) is 0 Å². The van der Waals surface area contributed by atoms with Crippen LogP contribution in [0.2, 0.25) is 0 Å². The molecule has 1 aliphatic heterocycles. The van der Waals surface area contributed by atoms with Crippen LogP contribution in [0.5, 0.6) is 5.75 Å². The van der Waals surface area contributed by atoms with Gasteiger partial charge in [0.2, 0.25) is 0 Å². The first-order valence-corrected chi connectivity index (χ1v) is 8.29. The fourth-order valence-electron chi connectivity index (χ4n) is 3.05. The van der Waals surface area contributed by atoms with Crippen LogP contribution in [0.1, 0.15) is 38.7 Å². The minimum Gasteiger partial charge on any atom is -0.497 e. The second-order valence-corrected chi connectivity index (χ2v) is 6.31. The van der Waals surface area contributed by atoms with E-state index in [-0.39, 0.29) is 0 Å². The molecule has 2 rings (SSSR count). The highest BCUT2D eigenvalue weighted by molar-refractivity contribution is 5.27. The van der Waals surface area contributed by atoms with Crippen molar-refractivity contribution >= 4 is 0 Å². The number of hydrogen-bond donors (Lipinski definition) is 1. The van der Waals surface area contributed by atoms with Crippen LogP contribution in [-0.2, 0) is 6.42 Å². The Morgan fingerprint density at radius 3 is 2.38 bits per heavy atom. The minimum absolute atomic E-state index is 0.505. The van der Waals surface area contributed by atoms with Gasteiger partial charge in [-0.1, -0.05) is 18.6 Å². The molecular weight excluding hydrogens is 260 g/mol. The van der Waals surface area contributed by atoms with Gasteiger partial charge in [-0.2, -0.15) is 0 Å². The zero-order chi connectivity index (χ0) is 15.1. The summed E-state index contributed by atoms with van der Waals surface area (Å²) in [5.74, 6) is 0.929. The Morgan fingerprint density at radius 1 is 1.10 bits per heavy atom. The largest absolute Gasteiger partial charge is 0.497 e. The molecule has 3 heteroatoms. The monoisotopic (exact) mass is 290 g/mol. The van der Waals surface area contributed by atoms with E-state index in [9.17, 15) is 0 Å². The average Bonchev–Trinajstić information content (AvgIpc) is 2.54. The van der Waals surface area contributed by atoms with Crippen molar-refractivity contribution in [1.82, 2.24) is 10.2 Å². The topological polar surface area (TPSA) is 24.5 Å². The third-order valence-corrected chi connectivity index (χ3v) is 4.48. The molecule has 1 heterocycles. The number of methoxy groups -OCH3 is 1. The van der Waals surface area contributed by atoms with E-state index in [0.29, 0.717) is 12.1 Å². The lowest BCUT2D eigenvalue weighted by Crippen LogP contribution is -2.45. The summed E-state index contributed by atoms with van der Waals surface area (Å²) in [6.07, 6.45) is 5.21. The highest BCUT2D eigenvalue weighted by Crippen LogP contribution is 2.13. The zero-order valence-corrected chi connectivity index (χ0v) is 13.8. The summed E-state index contributed by atoms with van der Waals surface area (Å²) in [6, 6.07) is 9.54. The molecule has 1 aliphatic rings. The number of rotatable bonds is 7. The van der Waals surface area contributed by atoms with Crippen molar-refractivity contribution in [3.63, 3.8) is 0 Å². The van der Waals surface area contributed by atoms with Gasteiger partial charge in [-0.15, -0.1) is 0 Å². The molecule has 21 heavy (non-hydrogen) atoms. The summed E-state index contributed by atoms with van der Waals surface area (Å²) in [6.45, 7) is 8.24. The van der Waals surface area contributed by atoms with Gasteiger partial charge in [0.1, 0.15) is 5.75 Å². The lowest BCUT2D eigenvalue weighted by Gasteiger charge is -2.33. The van der Waals surface area contributed by atoms with Crippen molar-refractivity contribution < 1.29 is 4.74 Å². The van der Waals surface area contributed by atoms with Crippen LogP contribution in [-0.4, -0.2) is 43.7 Å². The van der Waals surface area contributed by atoms with Gasteiger partial charge in [0.05, 0.1) is 7.11 Å². The summed E-state index contributed by atoms with van der Waals surface area (Å²) >= 11 is 0. The Hall–Kier alpha value is -1.06. The van der Waals surface area contributed by atoms with Crippen molar-refractivity contribution in [3.8, 4) is 5.75 Å². The molecule has 0 aliphatic carbocycles. The van der Waals surface area contributed by atoms with Gasteiger partial charge in [0.15, 0.2) is 0 Å². The van der Waals surface area contributed by atoms with E-state index in [4.69, 9.17) is 4.74 Å². The van der Waals surface area contributed by atoms with E-state index in [1.165, 1.54) is 37.9 Å². The van der Waals surface area contributed by atoms with E-state index in [1.54, 1.807) is 7.11 Å². The van der Waals surface area contributed by atoms with E-state index in [2.05, 4.69) is 36.2 Å². The predicted octanol–water partition coefficient (Wildman–Crippen LogP) is 3.09. The molecule has 3 nitrogen and oxygen atoms in total. The molecule has 1 aromatic rings. The van der Waals surface area contributed by atoms with Gasteiger partial charge >= 0.3 is 0 Å². The van der Waals surface area contributed by atoms with Crippen LogP contribution < -0.4 is 10.1 Å². The molecule has 2 atom stereocenters. The van der Waals surface area contributed by atoms with Crippen LogP contribution in [0.15, 0.2) is 24.3 Å². The molecule has 1 fully saturated rings. The van der Waals surface area contributed by atoms with Crippen molar-refractivity contribution in [2.24, 2.45) is 0 Å². The standard InChI is InChI=1S/C18H30N2O/c1-15(13-17-7-9-18(21-3)10-8-17)19-14-16(2)20-11-5-4-6-12-20/h7-10,15-16,19H,4-6,11-14H2,1-3H3. The van der Waals surface area contributed by atoms with Crippen LogP contribution in [0.3, 0.4) is 0 Å². The summed E-state index contributed by atoms with van der Waals surface area (Å²) in [7, 11) is 1.71. The zero-order valence-electron chi connectivity index (χ0n) is 13.8. The summed E-state index contributed by atoms with van der Waals surface area (Å²) in [5, 5.41) is 3.68. The second-order valence-electron chi connectivity index (χ2n) is 6.31. The van der Waals surface area contributed by atoms with Gasteiger partial charge in [-0.3, -0.25) is 4.90 Å². The first-order chi connectivity index (χ1) is 10.2. The van der Waals surface area contributed by atoms with Gasteiger partial charge in [0, 0.05) is 18.6 Å². The predicted molar refractivity (Wildman–Crippen MR) is 89.0 cm³/mol. The maximum atomic E-state index is 5.20. The Morgan fingerprint density at radius 2 is 1.76 bits per heavy atom. The Kier molecular flexibility index (Phi) is 6.52. The molecule has 0 saturated carbocycles. The quantitative estimate of drug-likeness (QED) is 0.835. The summed E-state index contributed by atoms with van der Waals surface area (Å²) in [4.78, 5) is 2.62. The fraction of sp³-hybridized carbons (Fsp3) is 0.667. The number of benzene rings is 1. The SMILES string of the molecule is COc1ccc(CC(C)NCC(C)N2CCCCC2)cc1. The Balaban J connectivity index is 1.71. The molecule has 118 valence electrons. The molecule has 0 bridgehead atoms. The van der Waals surface area contributed by atoms with E-state index >= 15 is 0 Å². The molecule has 0 aromatic heterocycles. The summed E-state index contributed by atoms with van der Waals surface area (Å²) in [5.41, 5.74) is 1.36. The molecular formula is C18H30N2O. The van der Waals surface area contributed by atoms with Crippen LogP contribution in [0.4, 0.5) is 0 Å². The van der Waals surface area contributed by atoms with E-state index in [0.717, 1.165) is 18.7 Å². The van der Waals surface area contributed by atoms with Gasteiger partial charge in [0.25, 0.3) is 0 Å². The lowest BCUT2D eigenvalue weighted by molar-refractivity contribution is 0.168. The smallest absolute Gasteiger partial charge is 0.118 e. The number of ether oxygens (including phenoxy) is 1. The lowest BCUT2D eigenvalue weighted by atomic mass is 10.1. The molecule has 1 saturated heterocycles. The normalized spacial score (nSPS) is 19.2. The first kappa shape index (κ1) is 16.3. The number of nitrogens with zero attached hydrogens (tertiary/aromatic N) is 1. The Bertz CT molecular complexity index is 398. The first-order valence-electron chi connectivity index (χ1n) is 8.29. The van der Waals surface area contributed by atoms with E-state index in [1.807, 2.05) is 12.1 Å². The van der Waals surface area contributed by atoms with E-state index < -0.39 is 0 Å². The highest BCUT2D eigenvalue weighted by Gasteiger charge is 2.16. The highest BCUT2D eigenvalue weighted by atomic mass is 16.5. The number of piperidine rings is 1. The van der Waals surface area contributed by atoms with Crippen LogP contribution in [0.25, 0.3) is 0 Å². The van der Waals surface area contributed by atoms with Gasteiger partial charge in [-0.05, 0) is 63.9 Å². The third kappa shape index (κ3) is 5.33. The molecule has 1 N–H and O–H groups in total. The van der Waals surface area contributed by atoms with Crippen molar-refractivity contribution in [2.45, 2.75) is 51.6 Å². The second kappa shape index (κ2) is 8.40. The molecule has 0 amide bonds. The maximum absolute atomic E-state index is 5.20. The molecule has 2 unspecified atom stereocenters. The maximum Gasteiger partial charge on any atom is 0.118 e. The Labute approximate surface area is 129 Å². The van der Waals surface area contributed by atoms with Gasteiger partial charge in [-0.25, -0.2) is 0 Å². The third-order valence-electron chi connectivity index (χ3n) is 4.48. The van der Waals surface area contributed by atoms with Crippen molar-refractivity contribution in [3.05, 3.63) is 29.8 Å². The van der Waals surface area contributed by atoms with Gasteiger partial charge < -0.3 is 10.1 Å². The molecule has 1 aromatic carbocycles. The number of hydrogen-bond acceptors (Lipinski definition) is 3. The average molecular weight is 290 g/mol. The van der Waals surface area contributed by atoms with Crippen LogP contribution in [0, 0.1) is 0 Å². The minimum atomic E-state index is 0.505.